The third kappa shape index (κ3) is 3.32. The normalized spacial score (nSPS) is 11.9. The van der Waals surface area contributed by atoms with Crippen molar-refractivity contribution in [2.24, 2.45) is 0 Å². The number of hydrogen-bond donors (Lipinski definition) is 2. The third-order valence-electron chi connectivity index (χ3n) is 2.62. The van der Waals surface area contributed by atoms with Gasteiger partial charge in [0.1, 0.15) is 5.82 Å². The molecule has 0 spiro atoms. The van der Waals surface area contributed by atoms with E-state index in [1.165, 1.54) is 24.3 Å². The van der Waals surface area contributed by atoms with Crippen molar-refractivity contribution in [2.45, 2.75) is 6.04 Å². The summed E-state index contributed by atoms with van der Waals surface area (Å²) >= 11 is 3.34. The Morgan fingerprint density at radius 1 is 1.16 bits per heavy atom. The number of anilines is 1. The Balaban J connectivity index is 2.29. The first kappa shape index (κ1) is 13.5. The van der Waals surface area contributed by atoms with Crippen LogP contribution in [0.25, 0.3) is 0 Å². The lowest BCUT2D eigenvalue weighted by atomic mass is 10.1. The molecular weight excluding hydrogens is 313 g/mol. The molecule has 0 amide bonds. The predicted molar refractivity (Wildman–Crippen MR) is 74.5 cm³/mol. The molecule has 2 aromatic rings. The second-order valence-corrected chi connectivity index (χ2v) is 4.80. The molecule has 0 aliphatic rings. The zero-order chi connectivity index (χ0) is 13.8. The predicted octanol–water partition coefficient (Wildman–Crippen LogP) is 3.83. The number of carbonyl (C=O) groups is 1. The average Bonchev–Trinajstić information content (AvgIpc) is 2.39. The van der Waals surface area contributed by atoms with Crippen molar-refractivity contribution in [3.63, 3.8) is 0 Å². The van der Waals surface area contributed by atoms with Crippen LogP contribution in [-0.2, 0) is 4.79 Å². The molecule has 98 valence electrons. The Labute approximate surface area is 118 Å². The molecule has 0 heterocycles. The highest BCUT2D eigenvalue weighted by atomic mass is 79.9. The van der Waals surface area contributed by atoms with Crippen molar-refractivity contribution in [3.05, 3.63) is 64.4 Å². The maximum atomic E-state index is 12.9. The van der Waals surface area contributed by atoms with Gasteiger partial charge in [-0.3, -0.25) is 0 Å². The van der Waals surface area contributed by atoms with E-state index in [1.807, 2.05) is 12.1 Å². The molecule has 1 atom stereocenters. The lowest BCUT2D eigenvalue weighted by Gasteiger charge is -2.17. The maximum absolute atomic E-state index is 12.9. The molecule has 0 aromatic heterocycles. The van der Waals surface area contributed by atoms with Crippen LogP contribution >= 0.6 is 15.9 Å². The molecule has 0 saturated carbocycles. The minimum atomic E-state index is -1.03. The van der Waals surface area contributed by atoms with Gasteiger partial charge in [-0.15, -0.1) is 0 Å². The van der Waals surface area contributed by atoms with Crippen molar-refractivity contribution >= 4 is 27.6 Å². The molecule has 0 saturated heterocycles. The first-order chi connectivity index (χ1) is 9.08. The summed E-state index contributed by atoms with van der Waals surface area (Å²) in [6.07, 6.45) is 0. The summed E-state index contributed by atoms with van der Waals surface area (Å²) in [5.74, 6) is -1.42. The summed E-state index contributed by atoms with van der Waals surface area (Å²) < 4.78 is 13.6. The van der Waals surface area contributed by atoms with Gasteiger partial charge in [0.25, 0.3) is 0 Å². The zero-order valence-corrected chi connectivity index (χ0v) is 11.4. The summed E-state index contributed by atoms with van der Waals surface area (Å²) in [5, 5.41) is 12.2. The number of benzene rings is 2. The van der Waals surface area contributed by atoms with Crippen LogP contribution in [0.5, 0.6) is 0 Å². The highest BCUT2D eigenvalue weighted by Gasteiger charge is 2.20. The van der Waals surface area contributed by atoms with Gasteiger partial charge >= 0.3 is 5.97 Å². The summed E-state index contributed by atoms with van der Waals surface area (Å²) in [6.45, 7) is 0. The van der Waals surface area contributed by atoms with E-state index in [2.05, 4.69) is 21.2 Å². The molecule has 2 N–H and O–H groups in total. The third-order valence-corrected chi connectivity index (χ3v) is 3.32. The van der Waals surface area contributed by atoms with Crippen molar-refractivity contribution in [2.75, 3.05) is 5.32 Å². The summed E-state index contributed by atoms with van der Waals surface area (Å²) in [6, 6.07) is 11.7. The van der Waals surface area contributed by atoms with Gasteiger partial charge in [-0.05, 0) is 45.8 Å². The quantitative estimate of drug-likeness (QED) is 0.899. The molecule has 0 radical (unpaired) electrons. The number of rotatable bonds is 4. The molecule has 0 fully saturated rings. The number of aliphatic carboxylic acids is 1. The van der Waals surface area contributed by atoms with Gasteiger partial charge in [0, 0.05) is 10.2 Å². The Hall–Kier alpha value is -1.88. The lowest BCUT2D eigenvalue weighted by molar-refractivity contribution is -0.138. The minimum Gasteiger partial charge on any atom is -0.479 e. The monoisotopic (exact) mass is 323 g/mol. The van der Waals surface area contributed by atoms with Gasteiger partial charge in [-0.2, -0.15) is 0 Å². The number of carboxylic acid groups (broad SMARTS) is 1. The van der Waals surface area contributed by atoms with Gasteiger partial charge in [0.05, 0.1) is 0 Å². The molecule has 3 nitrogen and oxygen atoms in total. The van der Waals surface area contributed by atoms with Gasteiger partial charge in [0.15, 0.2) is 6.04 Å². The van der Waals surface area contributed by atoms with Crippen LogP contribution in [0.3, 0.4) is 0 Å². The number of carboxylic acids is 1. The van der Waals surface area contributed by atoms with E-state index in [0.717, 1.165) is 4.47 Å². The van der Waals surface area contributed by atoms with Crippen LogP contribution in [0.1, 0.15) is 11.6 Å². The number of nitrogens with one attached hydrogen (secondary N) is 1. The number of halogens is 2. The summed E-state index contributed by atoms with van der Waals surface area (Å²) in [5.41, 5.74) is 1.16. The standard InChI is InChI=1S/C14H11BrFNO2/c15-11-3-1-2-4-12(11)17-13(14(18)19)9-5-7-10(16)8-6-9/h1-8,13,17H,(H,18,19). The van der Waals surface area contributed by atoms with Gasteiger partial charge < -0.3 is 10.4 Å². The molecular formula is C14H11BrFNO2. The summed E-state index contributed by atoms with van der Waals surface area (Å²) in [4.78, 5) is 11.3. The first-order valence-electron chi connectivity index (χ1n) is 5.57. The fraction of sp³-hybridized carbons (Fsp3) is 0.0714. The van der Waals surface area contributed by atoms with Crippen LogP contribution in [-0.4, -0.2) is 11.1 Å². The lowest BCUT2D eigenvalue weighted by Crippen LogP contribution is -2.20. The molecule has 2 rings (SSSR count). The van der Waals surface area contributed by atoms with Gasteiger partial charge in [0.2, 0.25) is 0 Å². The minimum absolute atomic E-state index is 0.395. The van der Waals surface area contributed by atoms with Crippen LogP contribution < -0.4 is 5.32 Å². The molecule has 2 aromatic carbocycles. The molecule has 0 bridgehead atoms. The molecule has 19 heavy (non-hydrogen) atoms. The van der Waals surface area contributed by atoms with Crippen LogP contribution in [0.2, 0.25) is 0 Å². The number of para-hydroxylation sites is 1. The fourth-order valence-corrected chi connectivity index (χ4v) is 2.08. The smallest absolute Gasteiger partial charge is 0.330 e. The van der Waals surface area contributed by atoms with E-state index in [0.29, 0.717) is 11.3 Å². The van der Waals surface area contributed by atoms with E-state index < -0.39 is 17.8 Å². The molecule has 5 heteroatoms. The molecule has 0 aliphatic heterocycles. The summed E-state index contributed by atoms with van der Waals surface area (Å²) in [7, 11) is 0. The van der Waals surface area contributed by atoms with Crippen molar-refractivity contribution in [1.29, 1.82) is 0 Å². The van der Waals surface area contributed by atoms with Gasteiger partial charge in [-0.25, -0.2) is 9.18 Å². The second-order valence-electron chi connectivity index (χ2n) is 3.95. The second kappa shape index (κ2) is 5.84. The first-order valence-corrected chi connectivity index (χ1v) is 6.36. The van der Waals surface area contributed by atoms with Crippen molar-refractivity contribution in [1.82, 2.24) is 0 Å². The average molecular weight is 324 g/mol. The Bertz CT molecular complexity index is 586. The van der Waals surface area contributed by atoms with E-state index in [9.17, 15) is 14.3 Å². The van der Waals surface area contributed by atoms with Gasteiger partial charge in [-0.1, -0.05) is 24.3 Å². The van der Waals surface area contributed by atoms with Crippen LogP contribution in [0.4, 0.5) is 10.1 Å². The van der Waals surface area contributed by atoms with E-state index >= 15 is 0 Å². The Kier molecular flexibility index (Phi) is 4.16. The van der Waals surface area contributed by atoms with Crippen LogP contribution in [0.15, 0.2) is 53.0 Å². The topological polar surface area (TPSA) is 49.3 Å². The Morgan fingerprint density at radius 2 is 1.79 bits per heavy atom. The maximum Gasteiger partial charge on any atom is 0.330 e. The Morgan fingerprint density at radius 3 is 2.37 bits per heavy atom. The van der Waals surface area contributed by atoms with E-state index in [4.69, 9.17) is 0 Å². The van der Waals surface area contributed by atoms with Crippen LogP contribution in [0, 0.1) is 5.82 Å². The SMILES string of the molecule is O=C(O)C(Nc1ccccc1Br)c1ccc(F)cc1. The highest BCUT2D eigenvalue weighted by Crippen LogP contribution is 2.26. The fourth-order valence-electron chi connectivity index (χ4n) is 1.68. The van der Waals surface area contributed by atoms with E-state index in [1.54, 1.807) is 12.1 Å². The number of hydrogen-bond acceptors (Lipinski definition) is 2. The molecule has 0 aliphatic carbocycles. The largest absolute Gasteiger partial charge is 0.479 e. The van der Waals surface area contributed by atoms with E-state index in [-0.39, 0.29) is 0 Å². The molecule has 1 unspecified atom stereocenters. The van der Waals surface area contributed by atoms with Crippen molar-refractivity contribution in [3.8, 4) is 0 Å². The highest BCUT2D eigenvalue weighted by molar-refractivity contribution is 9.10. The zero-order valence-electron chi connectivity index (χ0n) is 9.81. The van der Waals surface area contributed by atoms with Crippen molar-refractivity contribution < 1.29 is 14.3 Å².